The van der Waals surface area contributed by atoms with E-state index in [9.17, 15) is 9.59 Å². The van der Waals surface area contributed by atoms with Crippen LogP contribution in [0.2, 0.25) is 5.02 Å². The van der Waals surface area contributed by atoms with E-state index in [1.165, 1.54) is 0 Å². The number of aromatic nitrogens is 3. The number of pyridine rings is 1. The number of morpholine rings is 1. The Kier molecular flexibility index (Phi) is 7.43. The van der Waals surface area contributed by atoms with Crippen molar-refractivity contribution in [1.82, 2.24) is 20.1 Å². The quantitative estimate of drug-likeness (QED) is 0.470. The van der Waals surface area contributed by atoms with Crippen LogP contribution in [0.5, 0.6) is 5.75 Å². The first-order valence-electron chi connectivity index (χ1n) is 12.1. The van der Waals surface area contributed by atoms with Gasteiger partial charge < -0.3 is 20.1 Å². The van der Waals surface area contributed by atoms with Gasteiger partial charge in [0.2, 0.25) is 0 Å². The van der Waals surface area contributed by atoms with Gasteiger partial charge in [0.05, 0.1) is 23.9 Å². The Hall–Kier alpha value is -3.82. The normalized spacial score (nSPS) is 17.0. The zero-order valence-corrected chi connectivity index (χ0v) is 20.9. The van der Waals surface area contributed by atoms with Crippen LogP contribution in [0.3, 0.4) is 0 Å². The lowest BCUT2D eigenvalue weighted by atomic mass is 10.0. The average Bonchev–Trinajstić information content (AvgIpc) is 3.35. The van der Waals surface area contributed by atoms with Crippen LogP contribution in [0.15, 0.2) is 48.7 Å². The molecule has 4 heterocycles. The molecule has 10 heteroatoms. The Labute approximate surface area is 219 Å². The van der Waals surface area contributed by atoms with Crippen molar-refractivity contribution < 1.29 is 19.1 Å². The molecule has 1 unspecified atom stereocenters. The largest absolute Gasteiger partial charge is 0.488 e. The van der Waals surface area contributed by atoms with Gasteiger partial charge in [-0.15, -0.1) is 10.2 Å². The minimum atomic E-state index is -0.153. The molecule has 0 spiro atoms. The number of rotatable bonds is 7. The summed E-state index contributed by atoms with van der Waals surface area (Å²) in [6.07, 6.45) is 6.32. The molecule has 37 heavy (non-hydrogen) atoms. The Morgan fingerprint density at radius 2 is 1.97 bits per heavy atom. The van der Waals surface area contributed by atoms with Gasteiger partial charge in [0.25, 0.3) is 5.91 Å². The van der Waals surface area contributed by atoms with Crippen molar-refractivity contribution in [2.24, 2.45) is 0 Å². The molecule has 9 nitrogen and oxygen atoms in total. The third-order valence-electron chi connectivity index (χ3n) is 6.31. The number of carbonyl (C=O) groups excluding carboxylic acids is 2. The van der Waals surface area contributed by atoms with E-state index in [2.05, 4.69) is 15.2 Å². The molecule has 2 aliphatic rings. The van der Waals surface area contributed by atoms with Crippen LogP contribution in [0.4, 0.5) is 5.82 Å². The molecule has 190 valence electrons. The number of ether oxygens (including phenoxy) is 2. The number of nitrogens with zero attached hydrogens (tertiary/aromatic N) is 4. The number of amides is 1. The van der Waals surface area contributed by atoms with Crippen molar-refractivity contribution >= 4 is 35.2 Å². The highest BCUT2D eigenvalue weighted by atomic mass is 35.5. The van der Waals surface area contributed by atoms with Gasteiger partial charge in [-0.2, -0.15) is 0 Å². The molecular weight excluding hydrogens is 494 g/mol. The minimum Gasteiger partial charge on any atom is -0.488 e. The lowest BCUT2D eigenvalue weighted by molar-refractivity contribution is -0.115. The first kappa shape index (κ1) is 24.9. The predicted molar refractivity (Wildman–Crippen MR) is 139 cm³/mol. The third kappa shape index (κ3) is 5.95. The molecule has 1 fully saturated rings. The van der Waals surface area contributed by atoms with Gasteiger partial charge in [0, 0.05) is 43.3 Å². The second kappa shape index (κ2) is 11.1. The lowest BCUT2D eigenvalue weighted by Gasteiger charge is -2.26. The van der Waals surface area contributed by atoms with Crippen molar-refractivity contribution in [3.05, 3.63) is 70.5 Å². The number of nitrogen functional groups attached to an aromatic ring is 1. The van der Waals surface area contributed by atoms with Crippen LogP contribution < -0.4 is 10.5 Å². The van der Waals surface area contributed by atoms with Crippen LogP contribution in [-0.4, -0.2) is 64.2 Å². The van der Waals surface area contributed by atoms with Gasteiger partial charge in [0.1, 0.15) is 17.7 Å². The fraction of sp³-hybridized carbons (Fsp3) is 0.296. The van der Waals surface area contributed by atoms with E-state index >= 15 is 0 Å². The molecule has 1 saturated heterocycles. The molecule has 0 aliphatic carbocycles. The minimum absolute atomic E-state index is 0.00478. The molecule has 1 aromatic carbocycles. The Balaban J connectivity index is 1.19. The van der Waals surface area contributed by atoms with Gasteiger partial charge in [-0.1, -0.05) is 11.6 Å². The number of nitrogens with two attached hydrogens (primary N) is 1. The zero-order valence-electron chi connectivity index (χ0n) is 20.1. The summed E-state index contributed by atoms with van der Waals surface area (Å²) >= 11 is 6.53. The molecule has 2 N–H and O–H groups in total. The van der Waals surface area contributed by atoms with Gasteiger partial charge in [-0.05, 0) is 60.5 Å². The molecule has 0 radical (unpaired) electrons. The fourth-order valence-corrected chi connectivity index (χ4v) is 4.60. The monoisotopic (exact) mass is 519 g/mol. The topological polar surface area (TPSA) is 121 Å². The molecule has 5 rings (SSSR count). The maximum Gasteiger partial charge on any atom is 0.274 e. The summed E-state index contributed by atoms with van der Waals surface area (Å²) in [7, 11) is 0. The maximum atomic E-state index is 12.6. The number of ketones is 1. The smallest absolute Gasteiger partial charge is 0.274 e. The zero-order chi connectivity index (χ0) is 25.8. The number of hydrogen-bond donors (Lipinski definition) is 1. The van der Waals surface area contributed by atoms with E-state index in [1.54, 1.807) is 47.5 Å². The first-order chi connectivity index (χ1) is 18.0. The predicted octanol–water partition coefficient (Wildman–Crippen LogP) is 3.61. The number of anilines is 1. The summed E-state index contributed by atoms with van der Waals surface area (Å²) in [6.45, 7) is 2.15. The first-order valence-corrected chi connectivity index (χ1v) is 12.5. The summed E-state index contributed by atoms with van der Waals surface area (Å²) in [4.78, 5) is 30.7. The van der Waals surface area contributed by atoms with E-state index < -0.39 is 0 Å². The summed E-state index contributed by atoms with van der Waals surface area (Å²) in [5.74, 6) is 0.926. The SMILES string of the molecule is Nc1ccc(/C=C/C(=O)CCC2Cc3cc(-c4ccc(C(=O)N5CCOCC5)nn4)cc(Cl)c3O2)cn1. The molecule has 2 aliphatic heterocycles. The van der Waals surface area contributed by atoms with Gasteiger partial charge in [-0.25, -0.2) is 4.98 Å². The maximum absolute atomic E-state index is 12.6. The molecule has 2 aromatic heterocycles. The van der Waals surface area contributed by atoms with Crippen molar-refractivity contribution in [3.63, 3.8) is 0 Å². The Bertz CT molecular complexity index is 1320. The highest BCUT2D eigenvalue weighted by Crippen LogP contribution is 2.40. The van der Waals surface area contributed by atoms with Gasteiger partial charge >= 0.3 is 0 Å². The number of halogens is 1. The number of allylic oxidation sites excluding steroid dienone is 1. The summed E-state index contributed by atoms with van der Waals surface area (Å²) in [6, 6.07) is 10.7. The molecular formula is C27H26ClN5O4. The number of hydrogen-bond acceptors (Lipinski definition) is 8. The van der Waals surface area contributed by atoms with E-state index in [1.807, 2.05) is 12.1 Å². The van der Waals surface area contributed by atoms with Gasteiger partial charge in [-0.3, -0.25) is 9.59 Å². The second-order valence-corrected chi connectivity index (χ2v) is 9.36. The van der Waals surface area contributed by atoms with Crippen LogP contribution in [-0.2, 0) is 16.0 Å². The van der Waals surface area contributed by atoms with E-state index in [0.717, 1.165) is 16.7 Å². The molecule has 1 amide bonds. The fourth-order valence-electron chi connectivity index (χ4n) is 4.32. The molecule has 3 aromatic rings. The van der Waals surface area contributed by atoms with Gasteiger partial charge in [0.15, 0.2) is 11.5 Å². The van der Waals surface area contributed by atoms with Crippen molar-refractivity contribution in [3.8, 4) is 17.0 Å². The van der Waals surface area contributed by atoms with E-state index in [4.69, 9.17) is 26.8 Å². The third-order valence-corrected chi connectivity index (χ3v) is 6.59. The summed E-state index contributed by atoms with van der Waals surface area (Å²) in [5.41, 5.74) is 9.06. The highest BCUT2D eigenvalue weighted by Gasteiger charge is 2.27. The summed E-state index contributed by atoms with van der Waals surface area (Å²) < 4.78 is 11.3. The van der Waals surface area contributed by atoms with E-state index in [0.29, 0.717) is 73.5 Å². The Morgan fingerprint density at radius 1 is 1.14 bits per heavy atom. The standard InChI is InChI=1S/C27H26ClN5O4/c28-22-15-18(23-6-7-24(32-31-23)27(35)33-9-11-36-12-10-33)13-19-14-21(37-26(19)22)5-4-20(34)3-1-17-2-8-25(29)30-16-17/h1-3,6-8,13,15-16,21H,4-5,9-12,14H2,(H2,29,30)/b3-1+. The van der Waals surface area contributed by atoms with Crippen molar-refractivity contribution in [2.75, 3.05) is 32.0 Å². The van der Waals surface area contributed by atoms with Crippen molar-refractivity contribution in [2.45, 2.75) is 25.4 Å². The second-order valence-electron chi connectivity index (χ2n) is 8.95. The van der Waals surface area contributed by atoms with Crippen LogP contribution >= 0.6 is 11.6 Å². The van der Waals surface area contributed by atoms with Crippen molar-refractivity contribution in [1.29, 1.82) is 0 Å². The van der Waals surface area contributed by atoms with Crippen LogP contribution in [0.25, 0.3) is 17.3 Å². The molecule has 0 saturated carbocycles. The molecule has 1 atom stereocenters. The number of carbonyl (C=O) groups is 2. The average molecular weight is 520 g/mol. The highest BCUT2D eigenvalue weighted by molar-refractivity contribution is 6.32. The number of benzene rings is 1. The lowest BCUT2D eigenvalue weighted by Crippen LogP contribution is -2.41. The number of fused-ring (bicyclic) bond motifs is 1. The van der Waals surface area contributed by atoms with Crippen LogP contribution in [0.1, 0.15) is 34.5 Å². The van der Waals surface area contributed by atoms with Crippen LogP contribution in [0, 0.1) is 0 Å². The Morgan fingerprint density at radius 3 is 2.70 bits per heavy atom. The summed E-state index contributed by atoms with van der Waals surface area (Å²) in [5, 5.41) is 8.90. The molecule has 0 bridgehead atoms. The van der Waals surface area contributed by atoms with E-state index in [-0.39, 0.29) is 17.8 Å².